The quantitative estimate of drug-likeness (QED) is 0.538. The highest BCUT2D eigenvalue weighted by Crippen LogP contribution is 2.10. The molecule has 0 bridgehead atoms. The molecule has 0 saturated carbocycles. The van der Waals surface area contributed by atoms with E-state index in [0.29, 0.717) is 0 Å². The van der Waals surface area contributed by atoms with Crippen LogP contribution >= 0.6 is 0 Å². The Kier molecular flexibility index (Phi) is 2.35. The van der Waals surface area contributed by atoms with Crippen molar-refractivity contribution in [2.45, 2.75) is 6.92 Å². The van der Waals surface area contributed by atoms with E-state index >= 15 is 0 Å². The van der Waals surface area contributed by atoms with Gasteiger partial charge in [0.1, 0.15) is 0 Å². The molecule has 3 nitrogen and oxygen atoms in total. The van der Waals surface area contributed by atoms with Gasteiger partial charge in [0.05, 0.1) is 19.8 Å². The molecular weight excluding hydrogens is 152 g/mol. The normalized spacial score (nSPS) is 11.3. The zero-order valence-corrected chi connectivity index (χ0v) is 7.66. The minimum atomic E-state index is -0.511. The summed E-state index contributed by atoms with van der Waals surface area (Å²) < 4.78 is -0.511. The number of quaternary nitrogens is 1. The summed E-state index contributed by atoms with van der Waals surface area (Å²) in [5, 5.41) is 11.2. The van der Waals surface area contributed by atoms with Crippen molar-refractivity contribution in [2.24, 2.45) is 0 Å². The zero-order chi connectivity index (χ0) is 9.19. The van der Waals surface area contributed by atoms with Crippen molar-refractivity contribution in [3.05, 3.63) is 35.0 Å². The second kappa shape index (κ2) is 3.13. The van der Waals surface area contributed by atoms with E-state index in [9.17, 15) is 5.21 Å². The Morgan fingerprint density at radius 3 is 2.08 bits per heavy atom. The molecular formula is C9H14N2O. The van der Waals surface area contributed by atoms with E-state index in [1.165, 1.54) is 5.56 Å². The van der Waals surface area contributed by atoms with Gasteiger partial charge in [-0.2, -0.15) is 0 Å². The molecule has 0 aromatic heterocycles. The van der Waals surface area contributed by atoms with Gasteiger partial charge in [-0.15, -0.1) is 0 Å². The summed E-state index contributed by atoms with van der Waals surface area (Å²) in [6, 6.07) is 7.73. The number of aryl methyl sites for hydroxylation is 1. The van der Waals surface area contributed by atoms with Gasteiger partial charge in [0.15, 0.2) is 0 Å². The van der Waals surface area contributed by atoms with Crippen LogP contribution in [0.1, 0.15) is 5.56 Å². The SMILES string of the molecule is Cc1ccc(N[N+](C)(C)[O-])cc1. The maximum absolute atomic E-state index is 11.2. The molecule has 0 aliphatic rings. The monoisotopic (exact) mass is 166 g/mol. The van der Waals surface area contributed by atoms with Crippen molar-refractivity contribution >= 4 is 5.69 Å². The van der Waals surface area contributed by atoms with E-state index in [-0.39, 0.29) is 0 Å². The van der Waals surface area contributed by atoms with Crippen LogP contribution in [0.5, 0.6) is 0 Å². The van der Waals surface area contributed by atoms with Crippen LogP contribution < -0.4 is 5.43 Å². The lowest BCUT2D eigenvalue weighted by molar-refractivity contribution is -0.816. The molecule has 1 aromatic rings. The number of rotatable bonds is 2. The molecule has 12 heavy (non-hydrogen) atoms. The number of hydrogen-bond donors (Lipinski definition) is 1. The first-order chi connectivity index (χ1) is 5.47. The average Bonchev–Trinajstić information content (AvgIpc) is 1.91. The molecule has 0 heterocycles. The topological polar surface area (TPSA) is 35.1 Å². The van der Waals surface area contributed by atoms with Gasteiger partial charge in [-0.05, 0) is 19.1 Å². The molecule has 0 amide bonds. The van der Waals surface area contributed by atoms with E-state index in [1.807, 2.05) is 31.2 Å². The molecule has 0 atom stereocenters. The molecule has 1 rings (SSSR count). The van der Waals surface area contributed by atoms with Crippen molar-refractivity contribution in [2.75, 3.05) is 19.5 Å². The third kappa shape index (κ3) is 2.90. The highest BCUT2D eigenvalue weighted by atomic mass is 16.6. The smallest absolute Gasteiger partial charge is 0.0901 e. The van der Waals surface area contributed by atoms with Crippen LogP contribution in [0.2, 0.25) is 0 Å². The van der Waals surface area contributed by atoms with Crippen LogP contribution in [-0.2, 0) is 0 Å². The fourth-order valence-electron chi connectivity index (χ4n) is 0.939. The molecule has 0 aliphatic carbocycles. The largest absolute Gasteiger partial charge is 0.607 e. The van der Waals surface area contributed by atoms with Crippen molar-refractivity contribution in [1.29, 1.82) is 0 Å². The lowest BCUT2D eigenvalue weighted by Crippen LogP contribution is -2.38. The zero-order valence-electron chi connectivity index (χ0n) is 7.66. The Bertz CT molecular complexity index is 248. The maximum atomic E-state index is 11.2. The average molecular weight is 166 g/mol. The van der Waals surface area contributed by atoms with Crippen LogP contribution in [0.25, 0.3) is 0 Å². The van der Waals surface area contributed by atoms with Crippen LogP contribution in [0, 0.1) is 12.1 Å². The van der Waals surface area contributed by atoms with E-state index in [0.717, 1.165) is 5.69 Å². The van der Waals surface area contributed by atoms with Crippen molar-refractivity contribution in [1.82, 2.24) is 0 Å². The Balaban J connectivity index is 2.71. The minimum absolute atomic E-state index is 0.511. The van der Waals surface area contributed by atoms with Gasteiger partial charge >= 0.3 is 0 Å². The van der Waals surface area contributed by atoms with E-state index in [1.54, 1.807) is 14.1 Å². The first-order valence-electron chi connectivity index (χ1n) is 3.87. The summed E-state index contributed by atoms with van der Waals surface area (Å²) in [5.74, 6) is 0. The van der Waals surface area contributed by atoms with E-state index in [4.69, 9.17) is 0 Å². The molecule has 0 unspecified atom stereocenters. The molecule has 1 N–H and O–H groups in total. The van der Waals surface area contributed by atoms with Gasteiger partial charge in [0, 0.05) is 0 Å². The number of nitrogens with one attached hydrogen (secondary N) is 1. The van der Waals surface area contributed by atoms with Gasteiger partial charge in [0.25, 0.3) is 0 Å². The van der Waals surface area contributed by atoms with Gasteiger partial charge in [-0.3, -0.25) is 4.76 Å². The van der Waals surface area contributed by atoms with Crippen molar-refractivity contribution < 1.29 is 4.76 Å². The molecule has 0 aliphatic heterocycles. The minimum Gasteiger partial charge on any atom is -0.607 e. The summed E-state index contributed by atoms with van der Waals surface area (Å²) in [6.07, 6.45) is 0. The standard InChI is InChI=1S/C9H14N2O/c1-8-4-6-9(7-5-8)10-11(2,3)12/h4-7,10H,1-3H3. The number of benzene rings is 1. The first-order valence-corrected chi connectivity index (χ1v) is 3.87. The summed E-state index contributed by atoms with van der Waals surface area (Å²) in [6.45, 7) is 2.01. The Hall–Kier alpha value is -1.06. The highest BCUT2D eigenvalue weighted by molar-refractivity contribution is 5.42. The lowest BCUT2D eigenvalue weighted by atomic mass is 10.2. The summed E-state index contributed by atoms with van der Waals surface area (Å²) in [7, 11) is 3.08. The molecule has 1 aromatic carbocycles. The van der Waals surface area contributed by atoms with Crippen LogP contribution in [0.4, 0.5) is 5.69 Å². The molecule has 0 spiro atoms. The third-order valence-electron chi connectivity index (χ3n) is 1.45. The van der Waals surface area contributed by atoms with Gasteiger partial charge in [-0.1, -0.05) is 17.7 Å². The van der Waals surface area contributed by atoms with Gasteiger partial charge in [-0.25, -0.2) is 5.43 Å². The predicted octanol–water partition coefficient (Wildman–Crippen LogP) is 1.90. The third-order valence-corrected chi connectivity index (χ3v) is 1.45. The van der Waals surface area contributed by atoms with Crippen LogP contribution in [0.15, 0.2) is 24.3 Å². The van der Waals surface area contributed by atoms with Gasteiger partial charge < -0.3 is 5.21 Å². The Labute approximate surface area is 72.8 Å². The molecule has 3 heteroatoms. The summed E-state index contributed by atoms with van der Waals surface area (Å²) >= 11 is 0. The second-order valence-corrected chi connectivity index (χ2v) is 3.33. The molecule has 0 saturated heterocycles. The predicted molar refractivity (Wildman–Crippen MR) is 50.3 cm³/mol. The number of hydrogen-bond acceptors (Lipinski definition) is 2. The summed E-state index contributed by atoms with van der Waals surface area (Å²) in [5.41, 5.74) is 4.83. The Morgan fingerprint density at radius 2 is 1.67 bits per heavy atom. The summed E-state index contributed by atoms with van der Waals surface area (Å²) in [4.78, 5) is 0. The maximum Gasteiger partial charge on any atom is 0.0901 e. The Morgan fingerprint density at radius 1 is 1.17 bits per heavy atom. The van der Waals surface area contributed by atoms with Crippen molar-refractivity contribution in [3.63, 3.8) is 0 Å². The van der Waals surface area contributed by atoms with Gasteiger partial charge in [0.2, 0.25) is 0 Å². The first kappa shape index (κ1) is 9.03. The highest BCUT2D eigenvalue weighted by Gasteiger charge is 2.00. The second-order valence-electron chi connectivity index (χ2n) is 3.33. The number of anilines is 1. The van der Waals surface area contributed by atoms with Crippen LogP contribution in [-0.4, -0.2) is 18.9 Å². The van der Waals surface area contributed by atoms with Crippen LogP contribution in [0.3, 0.4) is 0 Å². The molecule has 0 radical (unpaired) electrons. The lowest BCUT2D eigenvalue weighted by Gasteiger charge is -2.33. The number of hydroxylamine groups is 2. The molecule has 66 valence electrons. The molecule has 0 fully saturated rings. The number of nitrogens with zero attached hydrogens (tertiary/aromatic N) is 1. The van der Waals surface area contributed by atoms with E-state index < -0.39 is 4.76 Å². The van der Waals surface area contributed by atoms with Crippen molar-refractivity contribution in [3.8, 4) is 0 Å². The fourth-order valence-corrected chi connectivity index (χ4v) is 0.939. The fraction of sp³-hybridized carbons (Fsp3) is 0.333. The van der Waals surface area contributed by atoms with E-state index in [2.05, 4.69) is 5.43 Å².